The number of aryl methyl sites for hydroxylation is 1. The molecule has 1 aliphatic rings. The van der Waals surface area contributed by atoms with E-state index in [-0.39, 0.29) is 16.1 Å². The van der Waals surface area contributed by atoms with Gasteiger partial charge in [-0.1, -0.05) is 13.0 Å². The highest BCUT2D eigenvalue weighted by molar-refractivity contribution is 7.89. The fourth-order valence-electron chi connectivity index (χ4n) is 3.65. The van der Waals surface area contributed by atoms with Crippen molar-refractivity contribution in [3.63, 3.8) is 0 Å². The molecular formula is C23H24N2O5S. The Morgan fingerprint density at radius 1 is 1.06 bits per heavy atom. The summed E-state index contributed by atoms with van der Waals surface area (Å²) in [4.78, 5) is 25.1. The SMILES string of the molecule is Cc1ccc2c(=O)cc(C(=O)Nc3ccc(S(=O)(=O)N4CCC(C)CC4)cc3)oc2c1. The summed E-state index contributed by atoms with van der Waals surface area (Å²) in [5.41, 5.74) is 1.36. The number of rotatable bonds is 4. The van der Waals surface area contributed by atoms with E-state index in [4.69, 9.17) is 4.42 Å². The molecular weight excluding hydrogens is 416 g/mol. The van der Waals surface area contributed by atoms with E-state index in [1.54, 1.807) is 18.2 Å². The Morgan fingerprint density at radius 2 is 1.74 bits per heavy atom. The van der Waals surface area contributed by atoms with Crippen LogP contribution in [0.25, 0.3) is 11.0 Å². The zero-order valence-electron chi connectivity index (χ0n) is 17.4. The van der Waals surface area contributed by atoms with Crippen LogP contribution in [0.2, 0.25) is 0 Å². The molecule has 2 heterocycles. The third-order valence-electron chi connectivity index (χ3n) is 5.60. The zero-order valence-corrected chi connectivity index (χ0v) is 18.2. The Kier molecular flexibility index (Phi) is 5.68. The maximum absolute atomic E-state index is 12.8. The molecule has 4 rings (SSSR count). The minimum absolute atomic E-state index is 0.109. The molecule has 2 aromatic carbocycles. The number of carbonyl (C=O) groups is 1. The van der Waals surface area contributed by atoms with Crippen molar-refractivity contribution in [2.24, 2.45) is 5.92 Å². The van der Waals surface area contributed by atoms with Gasteiger partial charge in [0.05, 0.1) is 10.3 Å². The van der Waals surface area contributed by atoms with Crippen LogP contribution in [-0.4, -0.2) is 31.7 Å². The van der Waals surface area contributed by atoms with Crippen LogP contribution in [0.5, 0.6) is 0 Å². The summed E-state index contributed by atoms with van der Waals surface area (Å²) in [5, 5.41) is 3.06. The smallest absolute Gasteiger partial charge is 0.291 e. The zero-order chi connectivity index (χ0) is 22.2. The van der Waals surface area contributed by atoms with Gasteiger partial charge in [0.15, 0.2) is 11.2 Å². The maximum Gasteiger partial charge on any atom is 0.291 e. The van der Waals surface area contributed by atoms with Gasteiger partial charge < -0.3 is 9.73 Å². The van der Waals surface area contributed by atoms with Crippen LogP contribution in [0.4, 0.5) is 5.69 Å². The Bertz CT molecular complexity index is 1290. The Hall–Kier alpha value is -2.97. The van der Waals surface area contributed by atoms with Crippen LogP contribution in [-0.2, 0) is 10.0 Å². The summed E-state index contributed by atoms with van der Waals surface area (Å²) in [7, 11) is -3.56. The van der Waals surface area contributed by atoms with Gasteiger partial charge in [0.25, 0.3) is 5.91 Å². The average molecular weight is 441 g/mol. The van der Waals surface area contributed by atoms with Crippen molar-refractivity contribution in [2.75, 3.05) is 18.4 Å². The molecule has 1 amide bonds. The molecule has 7 nitrogen and oxygen atoms in total. The van der Waals surface area contributed by atoms with Crippen molar-refractivity contribution < 1.29 is 17.6 Å². The number of fused-ring (bicyclic) bond motifs is 1. The number of piperidine rings is 1. The summed E-state index contributed by atoms with van der Waals surface area (Å²) in [5.74, 6) is -0.161. The lowest BCUT2D eigenvalue weighted by atomic mass is 10.0. The molecule has 0 radical (unpaired) electrons. The number of benzene rings is 2. The number of carbonyl (C=O) groups excluding carboxylic acids is 1. The van der Waals surface area contributed by atoms with E-state index < -0.39 is 15.9 Å². The molecule has 8 heteroatoms. The summed E-state index contributed by atoms with van der Waals surface area (Å²) in [6.45, 7) is 5.03. The van der Waals surface area contributed by atoms with Gasteiger partial charge in [-0.2, -0.15) is 4.31 Å². The first-order valence-electron chi connectivity index (χ1n) is 10.2. The molecule has 162 valence electrons. The van der Waals surface area contributed by atoms with Crippen LogP contribution in [0.15, 0.2) is 62.6 Å². The second-order valence-electron chi connectivity index (χ2n) is 8.04. The molecule has 0 atom stereocenters. The molecule has 1 saturated heterocycles. The number of amides is 1. The molecule has 1 fully saturated rings. The summed E-state index contributed by atoms with van der Waals surface area (Å²) in [6.07, 6.45) is 1.70. The predicted molar refractivity (Wildman–Crippen MR) is 119 cm³/mol. The quantitative estimate of drug-likeness (QED) is 0.666. The fraction of sp³-hybridized carbons (Fsp3) is 0.304. The summed E-state index contributed by atoms with van der Waals surface area (Å²) >= 11 is 0. The van der Waals surface area contributed by atoms with E-state index in [2.05, 4.69) is 12.2 Å². The first kappa shape index (κ1) is 21.3. The molecule has 1 N–H and O–H groups in total. The average Bonchev–Trinajstić information content (AvgIpc) is 2.74. The lowest BCUT2D eigenvalue weighted by Crippen LogP contribution is -2.37. The number of nitrogens with one attached hydrogen (secondary N) is 1. The normalized spacial score (nSPS) is 15.8. The number of sulfonamides is 1. The largest absolute Gasteiger partial charge is 0.451 e. The van der Waals surface area contributed by atoms with Gasteiger partial charge >= 0.3 is 0 Å². The third kappa shape index (κ3) is 4.40. The van der Waals surface area contributed by atoms with Crippen molar-refractivity contribution >= 4 is 32.6 Å². The molecule has 1 aliphatic heterocycles. The van der Waals surface area contributed by atoms with E-state index in [1.807, 2.05) is 6.92 Å². The standard InChI is InChI=1S/C23H24N2O5S/c1-15-9-11-25(12-10-15)31(28,29)18-6-4-17(5-7-18)24-23(27)22-14-20(26)19-8-3-16(2)13-21(19)30-22/h3-8,13-15H,9-12H2,1-2H3,(H,24,27). The second kappa shape index (κ2) is 8.28. The first-order valence-corrected chi connectivity index (χ1v) is 11.6. The van der Waals surface area contributed by atoms with Gasteiger partial charge in [0.2, 0.25) is 10.0 Å². The van der Waals surface area contributed by atoms with Crippen LogP contribution in [0.3, 0.4) is 0 Å². The second-order valence-corrected chi connectivity index (χ2v) is 9.98. The van der Waals surface area contributed by atoms with E-state index in [0.717, 1.165) is 24.5 Å². The van der Waals surface area contributed by atoms with Crippen LogP contribution in [0, 0.1) is 12.8 Å². The Balaban J connectivity index is 1.52. The Morgan fingerprint density at radius 3 is 2.42 bits per heavy atom. The van der Waals surface area contributed by atoms with E-state index in [1.165, 1.54) is 28.6 Å². The first-order chi connectivity index (χ1) is 14.7. The number of nitrogens with zero attached hydrogens (tertiary/aromatic N) is 1. The van der Waals surface area contributed by atoms with Gasteiger partial charge in [-0.15, -0.1) is 0 Å². The summed E-state index contributed by atoms with van der Waals surface area (Å²) in [6, 6.07) is 12.3. The molecule has 0 bridgehead atoms. The molecule has 3 aromatic rings. The molecule has 31 heavy (non-hydrogen) atoms. The topological polar surface area (TPSA) is 96.7 Å². The highest BCUT2D eigenvalue weighted by atomic mass is 32.2. The number of anilines is 1. The van der Waals surface area contributed by atoms with Crippen LogP contribution < -0.4 is 10.7 Å². The van der Waals surface area contributed by atoms with Gasteiger partial charge in [0.1, 0.15) is 5.58 Å². The monoisotopic (exact) mass is 440 g/mol. The van der Waals surface area contributed by atoms with E-state index >= 15 is 0 Å². The lowest BCUT2D eigenvalue weighted by Gasteiger charge is -2.29. The van der Waals surface area contributed by atoms with Crippen molar-refractivity contribution in [3.05, 3.63) is 70.1 Å². The molecule has 0 aliphatic carbocycles. The minimum Gasteiger partial charge on any atom is -0.451 e. The highest BCUT2D eigenvalue weighted by Crippen LogP contribution is 2.24. The highest BCUT2D eigenvalue weighted by Gasteiger charge is 2.28. The van der Waals surface area contributed by atoms with E-state index in [9.17, 15) is 18.0 Å². The maximum atomic E-state index is 12.8. The number of hydrogen-bond donors (Lipinski definition) is 1. The lowest BCUT2D eigenvalue weighted by molar-refractivity contribution is 0.0997. The summed E-state index contributed by atoms with van der Waals surface area (Å²) < 4.78 is 32.8. The molecule has 0 spiro atoms. The van der Waals surface area contributed by atoms with Gasteiger partial charge in [-0.25, -0.2) is 8.42 Å². The number of hydrogen-bond acceptors (Lipinski definition) is 5. The minimum atomic E-state index is -3.56. The van der Waals surface area contributed by atoms with Gasteiger partial charge in [-0.05, 0) is 67.6 Å². The molecule has 1 aromatic heterocycles. The third-order valence-corrected chi connectivity index (χ3v) is 7.51. The van der Waals surface area contributed by atoms with Crippen molar-refractivity contribution in [3.8, 4) is 0 Å². The fourth-order valence-corrected chi connectivity index (χ4v) is 5.12. The Labute approximate surface area is 180 Å². The predicted octanol–water partition coefficient (Wildman–Crippen LogP) is 3.77. The van der Waals surface area contributed by atoms with Crippen molar-refractivity contribution in [1.82, 2.24) is 4.31 Å². The van der Waals surface area contributed by atoms with Crippen LogP contribution in [0.1, 0.15) is 35.9 Å². The van der Waals surface area contributed by atoms with Crippen LogP contribution >= 0.6 is 0 Å². The van der Waals surface area contributed by atoms with Crippen molar-refractivity contribution in [1.29, 1.82) is 0 Å². The van der Waals surface area contributed by atoms with Crippen molar-refractivity contribution in [2.45, 2.75) is 31.6 Å². The molecule has 0 saturated carbocycles. The van der Waals surface area contributed by atoms with Gasteiger partial charge in [-0.3, -0.25) is 9.59 Å². The van der Waals surface area contributed by atoms with E-state index in [0.29, 0.717) is 35.7 Å². The van der Waals surface area contributed by atoms with Gasteiger partial charge in [0, 0.05) is 24.8 Å². The molecule has 0 unspecified atom stereocenters.